The van der Waals surface area contributed by atoms with Gasteiger partial charge >= 0.3 is 0 Å². The molecule has 1 aliphatic heterocycles. The molecular weight excluding hydrogens is 242 g/mol. The van der Waals surface area contributed by atoms with Crippen molar-refractivity contribution in [2.75, 3.05) is 46.2 Å². The molecule has 0 bridgehead atoms. The Labute approximate surface area is 117 Å². The largest absolute Gasteiger partial charge is 0.381 e. The SMILES string of the molecule is CC(C)N1CCN(CCC(C)(C)N(CO)CO)CC1. The molecule has 19 heavy (non-hydrogen) atoms. The van der Waals surface area contributed by atoms with Crippen LogP contribution in [0.2, 0.25) is 0 Å². The van der Waals surface area contributed by atoms with E-state index in [0.29, 0.717) is 6.04 Å². The van der Waals surface area contributed by atoms with Crippen LogP contribution in [0, 0.1) is 0 Å². The molecule has 1 aliphatic rings. The topological polar surface area (TPSA) is 50.2 Å². The van der Waals surface area contributed by atoms with Gasteiger partial charge in [-0.2, -0.15) is 0 Å². The minimum Gasteiger partial charge on any atom is -0.381 e. The van der Waals surface area contributed by atoms with Gasteiger partial charge in [0.15, 0.2) is 0 Å². The Kier molecular flexibility index (Phi) is 6.69. The highest BCUT2D eigenvalue weighted by atomic mass is 16.3. The van der Waals surface area contributed by atoms with Gasteiger partial charge in [-0.3, -0.25) is 9.80 Å². The third kappa shape index (κ3) is 5.00. The third-order valence-electron chi connectivity index (χ3n) is 4.37. The summed E-state index contributed by atoms with van der Waals surface area (Å²) in [6, 6.07) is 0.637. The van der Waals surface area contributed by atoms with Gasteiger partial charge < -0.3 is 15.1 Å². The van der Waals surface area contributed by atoms with E-state index in [-0.39, 0.29) is 19.0 Å². The fraction of sp³-hybridized carbons (Fsp3) is 1.00. The summed E-state index contributed by atoms with van der Waals surface area (Å²) >= 11 is 0. The lowest BCUT2D eigenvalue weighted by atomic mass is 9.98. The molecule has 0 aliphatic carbocycles. The maximum atomic E-state index is 9.24. The highest BCUT2D eigenvalue weighted by Gasteiger charge is 2.27. The van der Waals surface area contributed by atoms with Gasteiger partial charge in [-0.25, -0.2) is 0 Å². The van der Waals surface area contributed by atoms with E-state index in [1.165, 1.54) is 0 Å². The zero-order valence-electron chi connectivity index (χ0n) is 13.0. The van der Waals surface area contributed by atoms with E-state index in [2.05, 4.69) is 37.5 Å². The monoisotopic (exact) mass is 273 g/mol. The van der Waals surface area contributed by atoms with Crippen molar-refractivity contribution in [1.82, 2.24) is 14.7 Å². The smallest absolute Gasteiger partial charge is 0.0978 e. The minimum absolute atomic E-state index is 0.0926. The van der Waals surface area contributed by atoms with Crippen LogP contribution in [-0.2, 0) is 0 Å². The first-order valence-corrected chi connectivity index (χ1v) is 7.34. The normalized spacial score (nSPS) is 19.6. The predicted octanol–water partition coefficient (Wildman–Crippen LogP) is 0.383. The number of rotatable bonds is 7. The fourth-order valence-electron chi connectivity index (χ4n) is 2.52. The number of piperazine rings is 1. The van der Waals surface area contributed by atoms with Crippen molar-refractivity contribution in [3.05, 3.63) is 0 Å². The fourth-order valence-corrected chi connectivity index (χ4v) is 2.52. The number of hydrogen-bond donors (Lipinski definition) is 2. The summed E-state index contributed by atoms with van der Waals surface area (Å²) in [7, 11) is 0. The van der Waals surface area contributed by atoms with E-state index in [9.17, 15) is 10.2 Å². The van der Waals surface area contributed by atoms with Crippen molar-refractivity contribution >= 4 is 0 Å². The molecule has 5 nitrogen and oxygen atoms in total. The maximum Gasteiger partial charge on any atom is 0.0978 e. The van der Waals surface area contributed by atoms with Crippen LogP contribution < -0.4 is 0 Å². The summed E-state index contributed by atoms with van der Waals surface area (Å²) in [6.45, 7) is 14.0. The van der Waals surface area contributed by atoms with E-state index in [0.717, 1.165) is 39.1 Å². The summed E-state index contributed by atoms with van der Waals surface area (Å²) in [5.74, 6) is 0. The van der Waals surface area contributed by atoms with Gasteiger partial charge in [-0.05, 0) is 40.7 Å². The molecule has 0 amide bonds. The standard InChI is InChI=1S/C14H31N3O2/c1-13(2)16-9-7-15(8-10-16)6-5-14(3,4)17(11-18)12-19/h13,18-19H,5-12H2,1-4H3. The average Bonchev–Trinajstić information content (AvgIpc) is 2.38. The lowest BCUT2D eigenvalue weighted by molar-refractivity contribution is -0.0452. The van der Waals surface area contributed by atoms with Gasteiger partial charge in [-0.15, -0.1) is 0 Å². The Balaban J connectivity index is 2.34. The molecule has 2 N–H and O–H groups in total. The van der Waals surface area contributed by atoms with Gasteiger partial charge in [0.05, 0.1) is 13.5 Å². The molecule has 0 unspecified atom stereocenters. The first-order valence-electron chi connectivity index (χ1n) is 7.34. The van der Waals surface area contributed by atoms with Crippen LogP contribution in [-0.4, -0.2) is 82.7 Å². The van der Waals surface area contributed by atoms with Crippen LogP contribution in [0.1, 0.15) is 34.1 Å². The van der Waals surface area contributed by atoms with Crippen molar-refractivity contribution in [2.24, 2.45) is 0 Å². The molecule has 0 radical (unpaired) electrons. The number of aliphatic hydroxyl groups excluding tert-OH is 2. The van der Waals surface area contributed by atoms with Gasteiger partial charge in [0.25, 0.3) is 0 Å². The Hall–Kier alpha value is -0.200. The molecule has 114 valence electrons. The molecule has 1 rings (SSSR count). The highest BCUT2D eigenvalue weighted by Crippen LogP contribution is 2.18. The maximum absolute atomic E-state index is 9.24. The summed E-state index contributed by atoms with van der Waals surface area (Å²) in [5, 5.41) is 18.5. The molecule has 0 spiro atoms. The van der Waals surface area contributed by atoms with Gasteiger partial charge in [0, 0.05) is 37.8 Å². The molecule has 5 heteroatoms. The lowest BCUT2D eigenvalue weighted by Crippen LogP contribution is -2.51. The van der Waals surface area contributed by atoms with Crippen molar-refractivity contribution in [2.45, 2.75) is 45.7 Å². The van der Waals surface area contributed by atoms with Crippen molar-refractivity contribution in [1.29, 1.82) is 0 Å². The van der Waals surface area contributed by atoms with Gasteiger partial charge in [0.2, 0.25) is 0 Å². The van der Waals surface area contributed by atoms with Crippen LogP contribution in [0.4, 0.5) is 0 Å². The zero-order valence-corrected chi connectivity index (χ0v) is 13.0. The Morgan fingerprint density at radius 3 is 2.00 bits per heavy atom. The van der Waals surface area contributed by atoms with Crippen molar-refractivity contribution in [3.63, 3.8) is 0 Å². The number of aliphatic hydroxyl groups is 2. The zero-order chi connectivity index (χ0) is 14.5. The second-order valence-electron chi connectivity index (χ2n) is 6.36. The predicted molar refractivity (Wildman–Crippen MR) is 77.9 cm³/mol. The molecule has 1 saturated heterocycles. The molecular formula is C14H31N3O2. The lowest BCUT2D eigenvalue weighted by Gasteiger charge is -2.40. The van der Waals surface area contributed by atoms with E-state index in [1.54, 1.807) is 4.90 Å². The Morgan fingerprint density at radius 1 is 1.05 bits per heavy atom. The van der Waals surface area contributed by atoms with Gasteiger partial charge in [-0.1, -0.05) is 0 Å². The quantitative estimate of drug-likeness (QED) is 0.657. The van der Waals surface area contributed by atoms with E-state index in [4.69, 9.17) is 0 Å². The van der Waals surface area contributed by atoms with Crippen molar-refractivity contribution in [3.8, 4) is 0 Å². The van der Waals surface area contributed by atoms with E-state index in [1.807, 2.05) is 0 Å². The first-order chi connectivity index (χ1) is 8.90. The van der Waals surface area contributed by atoms with Crippen LogP contribution >= 0.6 is 0 Å². The van der Waals surface area contributed by atoms with E-state index < -0.39 is 0 Å². The minimum atomic E-state index is -0.168. The Morgan fingerprint density at radius 2 is 1.58 bits per heavy atom. The van der Waals surface area contributed by atoms with Crippen LogP contribution in [0.3, 0.4) is 0 Å². The third-order valence-corrected chi connectivity index (χ3v) is 4.37. The second kappa shape index (κ2) is 7.55. The van der Waals surface area contributed by atoms with Gasteiger partial charge in [0.1, 0.15) is 0 Å². The average molecular weight is 273 g/mol. The highest BCUT2D eigenvalue weighted by molar-refractivity contribution is 4.82. The van der Waals surface area contributed by atoms with Crippen LogP contribution in [0.25, 0.3) is 0 Å². The molecule has 1 fully saturated rings. The summed E-state index contributed by atoms with van der Waals surface area (Å²) in [6.07, 6.45) is 0.954. The van der Waals surface area contributed by atoms with Crippen LogP contribution in [0.5, 0.6) is 0 Å². The van der Waals surface area contributed by atoms with E-state index >= 15 is 0 Å². The molecule has 0 atom stereocenters. The molecule has 0 aromatic carbocycles. The molecule has 0 aromatic rings. The second-order valence-corrected chi connectivity index (χ2v) is 6.36. The summed E-state index contributed by atoms with van der Waals surface area (Å²) < 4.78 is 0. The molecule has 0 aromatic heterocycles. The molecule has 0 saturated carbocycles. The van der Waals surface area contributed by atoms with Crippen LogP contribution in [0.15, 0.2) is 0 Å². The summed E-state index contributed by atoms with van der Waals surface area (Å²) in [4.78, 5) is 6.68. The molecule has 1 heterocycles. The Bertz CT molecular complexity index is 247. The first kappa shape index (κ1) is 16.9. The van der Waals surface area contributed by atoms with Crippen molar-refractivity contribution < 1.29 is 10.2 Å². The summed E-state index contributed by atoms with van der Waals surface area (Å²) in [5.41, 5.74) is -0.168. The number of nitrogens with zero attached hydrogens (tertiary/aromatic N) is 3. The number of hydrogen-bond acceptors (Lipinski definition) is 5.